The predicted octanol–water partition coefficient (Wildman–Crippen LogP) is 4.18. The highest BCUT2D eigenvalue weighted by molar-refractivity contribution is 7.07. The van der Waals surface area contributed by atoms with Crippen molar-refractivity contribution in [3.05, 3.63) is 53.2 Å². The zero-order valence-corrected chi connectivity index (χ0v) is 14.6. The molecule has 0 aliphatic rings. The summed E-state index contributed by atoms with van der Waals surface area (Å²) in [5.41, 5.74) is 4.06. The number of halogens is 3. The van der Waals surface area contributed by atoms with Gasteiger partial charge in [0, 0.05) is 31.0 Å². The number of hydrogen-bond donors (Lipinski definition) is 0. The molecule has 0 N–H and O–H groups in total. The van der Waals surface area contributed by atoms with Crippen LogP contribution in [0, 0.1) is 0 Å². The van der Waals surface area contributed by atoms with Gasteiger partial charge in [-0.15, -0.1) is 24.5 Å². The second kappa shape index (κ2) is 7.69. The Balaban J connectivity index is 1.63. The van der Waals surface area contributed by atoms with E-state index >= 15 is 0 Å². The average Bonchev–Trinajstić information content (AvgIpc) is 3.13. The normalized spacial score (nSPS) is 11.4. The van der Waals surface area contributed by atoms with Crippen LogP contribution >= 0.6 is 11.3 Å². The van der Waals surface area contributed by atoms with Gasteiger partial charge in [-0.3, -0.25) is 4.98 Å². The van der Waals surface area contributed by atoms with E-state index < -0.39 is 6.36 Å². The molecule has 0 aliphatic carbocycles. The highest BCUT2D eigenvalue weighted by atomic mass is 32.1. The summed E-state index contributed by atoms with van der Waals surface area (Å²) in [7, 11) is 1.92. The van der Waals surface area contributed by atoms with Crippen LogP contribution in [0.1, 0.15) is 5.69 Å². The van der Waals surface area contributed by atoms with Crippen molar-refractivity contribution in [3.8, 4) is 17.0 Å². The van der Waals surface area contributed by atoms with E-state index in [-0.39, 0.29) is 5.75 Å². The van der Waals surface area contributed by atoms with Gasteiger partial charge in [-0.2, -0.15) is 0 Å². The van der Waals surface area contributed by atoms with Gasteiger partial charge in [0.2, 0.25) is 0 Å². The molecule has 3 aromatic rings. The summed E-state index contributed by atoms with van der Waals surface area (Å²) in [5.74, 6) is 0.439. The maximum atomic E-state index is 12.2. The molecule has 26 heavy (non-hydrogen) atoms. The van der Waals surface area contributed by atoms with Crippen LogP contribution in [0.5, 0.6) is 5.75 Å². The van der Waals surface area contributed by atoms with Gasteiger partial charge >= 0.3 is 6.36 Å². The van der Waals surface area contributed by atoms with Crippen LogP contribution in [0.3, 0.4) is 0 Å². The fraction of sp³-hybridized carbons (Fsp3) is 0.235. The van der Waals surface area contributed by atoms with Crippen LogP contribution in [-0.4, -0.2) is 34.9 Å². The van der Waals surface area contributed by atoms with Gasteiger partial charge in [-0.25, -0.2) is 9.97 Å². The lowest BCUT2D eigenvalue weighted by Crippen LogP contribution is -2.21. The topological polar surface area (TPSA) is 51.1 Å². The van der Waals surface area contributed by atoms with Gasteiger partial charge in [0.05, 0.1) is 29.3 Å². The summed E-state index contributed by atoms with van der Waals surface area (Å²) in [5, 5.41) is 2.01. The number of rotatable bonds is 6. The standard InChI is InChI=1S/C17H15F3N4OS/c1-24(7-6-13-10-26-11-23-13)16-9-21-15(8-22-16)12-2-4-14(5-3-12)25-17(18,19)20/h2-5,8-11H,6-7H2,1H3. The van der Waals surface area contributed by atoms with Crippen molar-refractivity contribution in [3.63, 3.8) is 0 Å². The first-order chi connectivity index (χ1) is 12.4. The first kappa shape index (κ1) is 18.1. The van der Waals surface area contributed by atoms with Gasteiger partial charge < -0.3 is 9.64 Å². The second-order valence-electron chi connectivity index (χ2n) is 5.48. The third-order valence-corrected chi connectivity index (χ3v) is 4.24. The Kier molecular flexibility index (Phi) is 5.36. The molecule has 0 unspecified atom stereocenters. The molecule has 5 nitrogen and oxygen atoms in total. The van der Waals surface area contributed by atoms with Gasteiger partial charge in [0.25, 0.3) is 0 Å². The number of anilines is 1. The number of thiazole rings is 1. The van der Waals surface area contributed by atoms with Crippen molar-refractivity contribution in [2.75, 3.05) is 18.5 Å². The first-order valence-electron chi connectivity index (χ1n) is 7.67. The van der Waals surface area contributed by atoms with Crippen LogP contribution in [0.4, 0.5) is 19.0 Å². The third kappa shape index (κ3) is 4.92. The fourth-order valence-corrected chi connectivity index (χ4v) is 2.85. The molecule has 0 saturated heterocycles. The molecule has 136 valence electrons. The van der Waals surface area contributed by atoms with Gasteiger partial charge in [-0.05, 0) is 24.3 Å². The van der Waals surface area contributed by atoms with E-state index in [4.69, 9.17) is 0 Å². The minimum Gasteiger partial charge on any atom is -0.406 e. The SMILES string of the molecule is CN(CCc1cscn1)c1cnc(-c2ccc(OC(F)(F)F)cc2)cn1. The number of likely N-dealkylation sites (N-methyl/N-ethyl adjacent to an activating group) is 1. The Morgan fingerprint density at radius 2 is 1.85 bits per heavy atom. The maximum absolute atomic E-state index is 12.2. The monoisotopic (exact) mass is 380 g/mol. The largest absolute Gasteiger partial charge is 0.573 e. The lowest BCUT2D eigenvalue weighted by atomic mass is 10.1. The van der Waals surface area contributed by atoms with E-state index in [2.05, 4.69) is 19.7 Å². The molecule has 0 amide bonds. The van der Waals surface area contributed by atoms with Gasteiger partial charge in [0.1, 0.15) is 11.6 Å². The van der Waals surface area contributed by atoms with Crippen molar-refractivity contribution < 1.29 is 17.9 Å². The molecular formula is C17H15F3N4OS. The van der Waals surface area contributed by atoms with E-state index in [9.17, 15) is 13.2 Å². The number of alkyl halides is 3. The molecule has 0 fully saturated rings. The molecule has 0 saturated carbocycles. The number of benzene rings is 1. The molecule has 0 radical (unpaired) electrons. The van der Waals surface area contributed by atoms with E-state index in [1.165, 1.54) is 24.3 Å². The second-order valence-corrected chi connectivity index (χ2v) is 6.20. The molecule has 0 atom stereocenters. The summed E-state index contributed by atoms with van der Waals surface area (Å²) in [6.45, 7) is 0.751. The minimum atomic E-state index is -4.70. The quantitative estimate of drug-likeness (QED) is 0.642. The van der Waals surface area contributed by atoms with Crippen LogP contribution in [0.15, 0.2) is 47.5 Å². The Bertz CT molecular complexity index is 821. The maximum Gasteiger partial charge on any atom is 0.573 e. The Hall–Kier alpha value is -2.68. The zero-order chi connectivity index (χ0) is 18.6. The van der Waals surface area contributed by atoms with Crippen molar-refractivity contribution in [1.29, 1.82) is 0 Å². The smallest absolute Gasteiger partial charge is 0.406 e. The Labute approximate surface area is 152 Å². The number of ether oxygens (including phenoxy) is 1. The number of nitrogens with zero attached hydrogens (tertiary/aromatic N) is 4. The first-order valence-corrected chi connectivity index (χ1v) is 8.61. The minimum absolute atomic E-state index is 0.271. The molecule has 0 aliphatic heterocycles. The summed E-state index contributed by atoms with van der Waals surface area (Å²) >= 11 is 1.56. The summed E-state index contributed by atoms with van der Waals surface area (Å²) in [6.07, 6.45) is -0.666. The molecule has 0 spiro atoms. The predicted molar refractivity (Wildman–Crippen MR) is 93.2 cm³/mol. The Morgan fingerprint density at radius 3 is 2.42 bits per heavy atom. The summed E-state index contributed by atoms with van der Waals surface area (Å²) < 4.78 is 40.4. The number of hydrogen-bond acceptors (Lipinski definition) is 6. The molecule has 9 heteroatoms. The summed E-state index contributed by atoms with van der Waals surface area (Å²) in [6, 6.07) is 5.52. The van der Waals surface area contributed by atoms with E-state index in [1.807, 2.05) is 17.3 Å². The van der Waals surface area contributed by atoms with Gasteiger partial charge in [0.15, 0.2) is 0 Å². The van der Waals surface area contributed by atoms with Gasteiger partial charge in [-0.1, -0.05) is 0 Å². The fourth-order valence-electron chi connectivity index (χ4n) is 2.25. The third-order valence-electron chi connectivity index (χ3n) is 3.60. The van der Waals surface area contributed by atoms with Crippen LogP contribution in [0.25, 0.3) is 11.3 Å². The lowest BCUT2D eigenvalue weighted by Gasteiger charge is -2.17. The highest BCUT2D eigenvalue weighted by Crippen LogP contribution is 2.25. The van der Waals surface area contributed by atoms with E-state index in [1.54, 1.807) is 29.2 Å². The van der Waals surface area contributed by atoms with Crippen LogP contribution in [0.2, 0.25) is 0 Å². The molecular weight excluding hydrogens is 365 g/mol. The van der Waals surface area contributed by atoms with Crippen molar-refractivity contribution in [2.24, 2.45) is 0 Å². The van der Waals surface area contributed by atoms with Crippen molar-refractivity contribution >= 4 is 17.2 Å². The average molecular weight is 380 g/mol. The van der Waals surface area contributed by atoms with Crippen LogP contribution in [-0.2, 0) is 6.42 Å². The molecule has 1 aromatic carbocycles. The van der Waals surface area contributed by atoms with Crippen LogP contribution < -0.4 is 9.64 Å². The molecule has 2 aromatic heterocycles. The Morgan fingerprint density at radius 1 is 1.08 bits per heavy atom. The van der Waals surface area contributed by atoms with Crippen molar-refractivity contribution in [1.82, 2.24) is 15.0 Å². The molecule has 2 heterocycles. The molecule has 0 bridgehead atoms. The van der Waals surface area contributed by atoms with E-state index in [0.717, 1.165) is 18.7 Å². The number of aromatic nitrogens is 3. The van der Waals surface area contributed by atoms with Crippen molar-refractivity contribution in [2.45, 2.75) is 12.8 Å². The van der Waals surface area contributed by atoms with E-state index in [0.29, 0.717) is 17.1 Å². The molecule has 3 rings (SSSR count). The summed E-state index contributed by atoms with van der Waals surface area (Å²) in [4.78, 5) is 14.9. The highest BCUT2D eigenvalue weighted by Gasteiger charge is 2.30. The zero-order valence-electron chi connectivity index (χ0n) is 13.8. The lowest BCUT2D eigenvalue weighted by molar-refractivity contribution is -0.274.